The third-order valence-electron chi connectivity index (χ3n) is 2.96. The van der Waals surface area contributed by atoms with Crippen LogP contribution in [0.3, 0.4) is 0 Å². The van der Waals surface area contributed by atoms with E-state index in [1.807, 2.05) is 0 Å². The summed E-state index contributed by atoms with van der Waals surface area (Å²) in [6.45, 7) is 1.61. The van der Waals surface area contributed by atoms with Crippen molar-refractivity contribution in [2.75, 3.05) is 7.05 Å². The highest BCUT2D eigenvalue weighted by molar-refractivity contribution is 9.10. The third kappa shape index (κ3) is 2.67. The molecule has 1 unspecified atom stereocenters. The van der Waals surface area contributed by atoms with Crippen LogP contribution in [0.15, 0.2) is 34.9 Å². The van der Waals surface area contributed by atoms with Crippen LogP contribution in [0.1, 0.15) is 22.9 Å². The molecule has 2 nitrogen and oxygen atoms in total. The number of benzene rings is 1. The van der Waals surface area contributed by atoms with E-state index in [1.165, 1.54) is 12.1 Å². The summed E-state index contributed by atoms with van der Waals surface area (Å²) in [6, 6.07) is 5.60. The molecule has 0 saturated heterocycles. The van der Waals surface area contributed by atoms with Gasteiger partial charge in [-0.15, -0.1) is 0 Å². The van der Waals surface area contributed by atoms with E-state index in [1.54, 1.807) is 32.3 Å². The second-order valence-corrected chi connectivity index (χ2v) is 5.04. The average molecular weight is 327 g/mol. The molecular formula is C14H13BrF2N2. The van der Waals surface area contributed by atoms with Crippen LogP contribution in [-0.2, 0) is 0 Å². The summed E-state index contributed by atoms with van der Waals surface area (Å²) < 4.78 is 28.9. The second kappa shape index (κ2) is 5.75. The molecule has 0 aliphatic carbocycles. The van der Waals surface area contributed by atoms with Gasteiger partial charge in [0, 0.05) is 16.2 Å². The minimum atomic E-state index is -0.643. The lowest BCUT2D eigenvalue weighted by Crippen LogP contribution is -2.22. The normalized spacial score (nSPS) is 12.5. The predicted molar refractivity (Wildman–Crippen MR) is 73.9 cm³/mol. The highest BCUT2D eigenvalue weighted by Crippen LogP contribution is 2.30. The van der Waals surface area contributed by atoms with Gasteiger partial charge >= 0.3 is 0 Å². The Labute approximate surface area is 119 Å². The van der Waals surface area contributed by atoms with Crippen LogP contribution in [0, 0.1) is 18.6 Å². The molecule has 1 aromatic heterocycles. The Balaban J connectivity index is 2.61. The Hall–Kier alpha value is -1.33. The van der Waals surface area contributed by atoms with Gasteiger partial charge in [-0.3, -0.25) is 4.98 Å². The minimum Gasteiger partial charge on any atom is -0.308 e. The van der Waals surface area contributed by atoms with Crippen LogP contribution in [0.4, 0.5) is 8.78 Å². The van der Waals surface area contributed by atoms with Gasteiger partial charge < -0.3 is 5.32 Å². The van der Waals surface area contributed by atoms with E-state index < -0.39 is 17.7 Å². The number of hydrogen-bond donors (Lipinski definition) is 1. The molecule has 19 heavy (non-hydrogen) atoms. The van der Waals surface area contributed by atoms with Gasteiger partial charge in [-0.2, -0.15) is 0 Å². The quantitative estimate of drug-likeness (QED) is 0.929. The average Bonchev–Trinajstić information content (AvgIpc) is 2.40. The molecule has 100 valence electrons. The molecule has 0 spiro atoms. The largest absolute Gasteiger partial charge is 0.308 e. The van der Waals surface area contributed by atoms with E-state index in [0.29, 0.717) is 15.7 Å². The zero-order valence-electron chi connectivity index (χ0n) is 10.5. The van der Waals surface area contributed by atoms with Gasteiger partial charge in [0.2, 0.25) is 0 Å². The van der Waals surface area contributed by atoms with Crippen molar-refractivity contribution in [1.82, 2.24) is 10.3 Å². The lowest BCUT2D eigenvalue weighted by atomic mass is 9.99. The van der Waals surface area contributed by atoms with Crippen molar-refractivity contribution < 1.29 is 8.78 Å². The SMILES string of the molecule is CNC(c1ncccc1Br)c1c(F)ccc(C)c1F. The van der Waals surface area contributed by atoms with Crippen LogP contribution < -0.4 is 5.32 Å². The van der Waals surface area contributed by atoms with Crippen LogP contribution >= 0.6 is 15.9 Å². The molecule has 2 rings (SSSR count). The maximum Gasteiger partial charge on any atom is 0.134 e. The summed E-state index contributed by atoms with van der Waals surface area (Å²) >= 11 is 3.36. The second-order valence-electron chi connectivity index (χ2n) is 4.18. The summed E-state index contributed by atoms with van der Waals surface area (Å²) in [5, 5.41) is 2.91. The molecule has 0 amide bonds. The molecule has 1 atom stereocenters. The molecule has 0 aliphatic heterocycles. The van der Waals surface area contributed by atoms with Crippen LogP contribution in [-0.4, -0.2) is 12.0 Å². The van der Waals surface area contributed by atoms with Crippen molar-refractivity contribution in [2.45, 2.75) is 13.0 Å². The molecule has 1 heterocycles. The van der Waals surface area contributed by atoms with E-state index in [9.17, 15) is 8.78 Å². The first-order chi connectivity index (χ1) is 9.06. The van der Waals surface area contributed by atoms with Crippen LogP contribution in [0.25, 0.3) is 0 Å². The van der Waals surface area contributed by atoms with Gasteiger partial charge in [0.05, 0.1) is 11.7 Å². The van der Waals surface area contributed by atoms with Crippen LogP contribution in [0.2, 0.25) is 0 Å². The van der Waals surface area contributed by atoms with Crippen molar-refractivity contribution in [3.8, 4) is 0 Å². The Morgan fingerprint density at radius 1 is 1.26 bits per heavy atom. The molecule has 0 saturated carbocycles. The zero-order valence-corrected chi connectivity index (χ0v) is 12.1. The zero-order chi connectivity index (χ0) is 14.0. The number of nitrogens with zero attached hydrogens (tertiary/aromatic N) is 1. The maximum atomic E-state index is 14.2. The minimum absolute atomic E-state index is 0.0121. The number of aromatic nitrogens is 1. The first-order valence-corrected chi connectivity index (χ1v) is 6.57. The number of aryl methyl sites for hydroxylation is 1. The van der Waals surface area contributed by atoms with Gasteiger partial charge in [-0.05, 0) is 53.7 Å². The monoisotopic (exact) mass is 326 g/mol. The lowest BCUT2D eigenvalue weighted by molar-refractivity contribution is 0.512. The molecule has 5 heteroatoms. The molecule has 0 radical (unpaired) electrons. The van der Waals surface area contributed by atoms with E-state index in [-0.39, 0.29) is 5.56 Å². The third-order valence-corrected chi connectivity index (χ3v) is 3.63. The summed E-state index contributed by atoms with van der Waals surface area (Å²) in [7, 11) is 1.65. The Morgan fingerprint density at radius 2 is 2.00 bits per heavy atom. The van der Waals surface area contributed by atoms with Gasteiger partial charge in [0.1, 0.15) is 11.6 Å². The standard InChI is InChI=1S/C14H13BrF2N2/c1-8-5-6-10(16)11(12(8)17)14(18-2)13-9(15)4-3-7-19-13/h3-7,14,18H,1-2H3. The molecule has 0 bridgehead atoms. The number of halogens is 3. The van der Waals surface area contributed by atoms with Crippen molar-refractivity contribution in [2.24, 2.45) is 0 Å². The highest BCUT2D eigenvalue weighted by Gasteiger charge is 2.24. The number of hydrogen-bond acceptors (Lipinski definition) is 2. The number of pyridine rings is 1. The summed E-state index contributed by atoms with van der Waals surface area (Å²) in [6.07, 6.45) is 1.59. The summed E-state index contributed by atoms with van der Waals surface area (Å²) in [5.74, 6) is -1.13. The maximum absolute atomic E-state index is 14.2. The number of rotatable bonds is 3. The molecule has 0 aliphatic rings. The molecule has 1 N–H and O–H groups in total. The first-order valence-electron chi connectivity index (χ1n) is 5.78. The van der Waals surface area contributed by atoms with Crippen molar-refractivity contribution in [3.05, 3.63) is 63.4 Å². The molecular weight excluding hydrogens is 314 g/mol. The fourth-order valence-electron chi connectivity index (χ4n) is 1.97. The fourth-order valence-corrected chi connectivity index (χ4v) is 2.45. The molecule has 1 aromatic carbocycles. The van der Waals surface area contributed by atoms with Crippen molar-refractivity contribution in [1.29, 1.82) is 0 Å². The number of nitrogens with one attached hydrogen (secondary N) is 1. The smallest absolute Gasteiger partial charge is 0.134 e. The first kappa shape index (κ1) is 14.1. The molecule has 2 aromatic rings. The van der Waals surface area contributed by atoms with Crippen LogP contribution in [0.5, 0.6) is 0 Å². The predicted octanol–water partition coefficient (Wildman–Crippen LogP) is 3.74. The Kier molecular flexibility index (Phi) is 4.27. The van der Waals surface area contributed by atoms with Crippen molar-refractivity contribution >= 4 is 15.9 Å². The fraction of sp³-hybridized carbons (Fsp3) is 0.214. The molecule has 0 fully saturated rings. The Morgan fingerprint density at radius 3 is 2.63 bits per heavy atom. The van der Waals surface area contributed by atoms with E-state index in [4.69, 9.17) is 0 Å². The topological polar surface area (TPSA) is 24.9 Å². The highest BCUT2D eigenvalue weighted by atomic mass is 79.9. The van der Waals surface area contributed by atoms with Gasteiger partial charge in [-0.25, -0.2) is 8.78 Å². The van der Waals surface area contributed by atoms with Gasteiger partial charge in [0.15, 0.2) is 0 Å². The van der Waals surface area contributed by atoms with E-state index in [0.717, 1.165) is 0 Å². The summed E-state index contributed by atoms with van der Waals surface area (Å²) in [4.78, 5) is 4.20. The van der Waals surface area contributed by atoms with E-state index >= 15 is 0 Å². The summed E-state index contributed by atoms with van der Waals surface area (Å²) in [5.41, 5.74) is 0.944. The Bertz CT molecular complexity index is 602. The van der Waals surface area contributed by atoms with Gasteiger partial charge in [0.25, 0.3) is 0 Å². The van der Waals surface area contributed by atoms with Crippen molar-refractivity contribution in [3.63, 3.8) is 0 Å². The lowest BCUT2D eigenvalue weighted by Gasteiger charge is -2.19. The van der Waals surface area contributed by atoms with Gasteiger partial charge in [-0.1, -0.05) is 6.07 Å². The van der Waals surface area contributed by atoms with E-state index in [2.05, 4.69) is 26.2 Å².